The Morgan fingerprint density at radius 2 is 2.00 bits per heavy atom. The minimum absolute atomic E-state index is 0.0912. The smallest absolute Gasteiger partial charge is 0.101 e. The van der Waals surface area contributed by atoms with Gasteiger partial charge in [0.2, 0.25) is 0 Å². The molecule has 0 aliphatic carbocycles. The lowest BCUT2D eigenvalue weighted by molar-refractivity contribution is 0.884. The largest absolute Gasteiger partial charge is 0.377 e. The molecule has 2 rings (SSSR count). The zero-order chi connectivity index (χ0) is 13.8. The van der Waals surface area contributed by atoms with E-state index in [1.165, 1.54) is 0 Å². The zero-order valence-electron chi connectivity index (χ0n) is 10.9. The van der Waals surface area contributed by atoms with Crippen LogP contribution in [0.25, 0.3) is 0 Å². The summed E-state index contributed by atoms with van der Waals surface area (Å²) in [7, 11) is 0. The summed E-state index contributed by atoms with van der Waals surface area (Å²) in [5, 5.41) is 13.2. The predicted octanol–water partition coefficient (Wildman–Crippen LogP) is 4.69. The number of rotatable bonds is 3. The Morgan fingerprint density at radius 3 is 2.68 bits per heavy atom. The molecule has 2 aromatic rings. The summed E-state index contributed by atoms with van der Waals surface area (Å²) in [4.78, 5) is 0. The van der Waals surface area contributed by atoms with Gasteiger partial charge in [0.05, 0.1) is 11.3 Å². The van der Waals surface area contributed by atoms with Gasteiger partial charge >= 0.3 is 0 Å². The number of anilines is 1. The van der Waals surface area contributed by atoms with Crippen LogP contribution in [-0.2, 0) is 0 Å². The van der Waals surface area contributed by atoms with Gasteiger partial charge in [-0.2, -0.15) is 5.26 Å². The highest BCUT2D eigenvalue weighted by Gasteiger charge is 2.08. The number of hydrogen-bond donors (Lipinski definition) is 1. The number of halogens is 1. The maximum Gasteiger partial charge on any atom is 0.101 e. The van der Waals surface area contributed by atoms with E-state index < -0.39 is 0 Å². The Labute approximate surface area is 118 Å². The van der Waals surface area contributed by atoms with Gasteiger partial charge < -0.3 is 5.32 Å². The molecule has 0 saturated heterocycles. The van der Waals surface area contributed by atoms with Crippen LogP contribution in [0.15, 0.2) is 42.5 Å². The van der Waals surface area contributed by atoms with Gasteiger partial charge in [0.1, 0.15) is 6.07 Å². The Hall–Kier alpha value is -1.98. The van der Waals surface area contributed by atoms with Gasteiger partial charge in [0, 0.05) is 11.1 Å². The fourth-order valence-corrected chi connectivity index (χ4v) is 2.17. The lowest BCUT2D eigenvalue weighted by atomic mass is 10.1. The molecule has 0 amide bonds. The minimum Gasteiger partial charge on any atom is -0.377 e. The van der Waals surface area contributed by atoms with Crippen molar-refractivity contribution < 1.29 is 0 Å². The van der Waals surface area contributed by atoms with Crippen molar-refractivity contribution in [3.8, 4) is 6.07 Å². The summed E-state index contributed by atoms with van der Waals surface area (Å²) < 4.78 is 0. The molecule has 1 unspecified atom stereocenters. The molecule has 0 aliphatic rings. The van der Waals surface area contributed by atoms with Gasteiger partial charge in [-0.05, 0) is 49.2 Å². The van der Waals surface area contributed by atoms with Crippen molar-refractivity contribution >= 4 is 17.3 Å². The van der Waals surface area contributed by atoms with Gasteiger partial charge in [0.15, 0.2) is 0 Å². The van der Waals surface area contributed by atoms with Gasteiger partial charge in [-0.25, -0.2) is 0 Å². The van der Waals surface area contributed by atoms with E-state index in [1.807, 2.05) is 56.3 Å². The number of nitriles is 1. The van der Waals surface area contributed by atoms with Gasteiger partial charge in [-0.3, -0.25) is 0 Å². The van der Waals surface area contributed by atoms with Gasteiger partial charge in [0.25, 0.3) is 0 Å². The highest BCUT2D eigenvalue weighted by atomic mass is 35.5. The van der Waals surface area contributed by atoms with E-state index in [0.717, 1.165) is 21.8 Å². The van der Waals surface area contributed by atoms with Crippen molar-refractivity contribution in [3.05, 3.63) is 64.2 Å². The average Bonchev–Trinajstić information content (AvgIpc) is 2.40. The second-order valence-electron chi connectivity index (χ2n) is 4.58. The highest BCUT2D eigenvalue weighted by Crippen LogP contribution is 2.24. The topological polar surface area (TPSA) is 35.8 Å². The SMILES string of the molecule is Cc1ccc(NC(C)c2cccc(Cl)c2)c(C#N)c1. The summed E-state index contributed by atoms with van der Waals surface area (Å²) >= 11 is 5.99. The summed E-state index contributed by atoms with van der Waals surface area (Å²) in [6.45, 7) is 4.03. The van der Waals surface area contributed by atoms with E-state index in [2.05, 4.69) is 11.4 Å². The van der Waals surface area contributed by atoms with Crippen LogP contribution < -0.4 is 5.32 Å². The first-order valence-electron chi connectivity index (χ1n) is 6.13. The molecule has 96 valence electrons. The quantitative estimate of drug-likeness (QED) is 0.878. The van der Waals surface area contributed by atoms with E-state index in [-0.39, 0.29) is 6.04 Å². The summed E-state index contributed by atoms with van der Waals surface area (Å²) in [5.41, 5.74) is 3.68. The van der Waals surface area contributed by atoms with Crippen LogP contribution >= 0.6 is 11.6 Å². The molecular formula is C16H15ClN2. The van der Waals surface area contributed by atoms with Crippen LogP contribution in [-0.4, -0.2) is 0 Å². The van der Waals surface area contributed by atoms with Crippen molar-refractivity contribution in [2.75, 3.05) is 5.32 Å². The van der Waals surface area contributed by atoms with Crippen LogP contribution in [0.4, 0.5) is 5.69 Å². The van der Waals surface area contributed by atoms with Gasteiger partial charge in [-0.15, -0.1) is 0 Å². The number of nitrogens with one attached hydrogen (secondary N) is 1. The minimum atomic E-state index is 0.0912. The molecule has 0 aliphatic heterocycles. The number of aryl methyl sites for hydroxylation is 1. The normalized spacial score (nSPS) is 11.7. The van der Waals surface area contributed by atoms with Crippen LogP contribution in [0.1, 0.15) is 29.7 Å². The molecule has 1 N–H and O–H groups in total. The Morgan fingerprint density at radius 1 is 1.21 bits per heavy atom. The van der Waals surface area contributed by atoms with E-state index >= 15 is 0 Å². The molecular weight excluding hydrogens is 256 g/mol. The summed E-state index contributed by atoms with van der Waals surface area (Å²) in [6.07, 6.45) is 0. The lowest BCUT2D eigenvalue weighted by Crippen LogP contribution is -2.07. The molecule has 2 nitrogen and oxygen atoms in total. The third-order valence-electron chi connectivity index (χ3n) is 3.02. The summed E-state index contributed by atoms with van der Waals surface area (Å²) in [6, 6.07) is 15.8. The van der Waals surface area contributed by atoms with E-state index in [0.29, 0.717) is 5.56 Å². The van der Waals surface area contributed by atoms with Crippen molar-refractivity contribution in [2.24, 2.45) is 0 Å². The van der Waals surface area contributed by atoms with Crippen molar-refractivity contribution in [2.45, 2.75) is 19.9 Å². The third kappa shape index (κ3) is 3.27. The number of benzene rings is 2. The first-order chi connectivity index (χ1) is 9.10. The predicted molar refractivity (Wildman–Crippen MR) is 79.4 cm³/mol. The zero-order valence-corrected chi connectivity index (χ0v) is 11.7. The van der Waals surface area contributed by atoms with E-state index in [9.17, 15) is 0 Å². The Kier molecular flexibility index (Phi) is 4.09. The van der Waals surface area contributed by atoms with Crippen molar-refractivity contribution in [1.82, 2.24) is 0 Å². The number of nitrogens with zero attached hydrogens (tertiary/aromatic N) is 1. The molecule has 0 spiro atoms. The highest BCUT2D eigenvalue weighted by molar-refractivity contribution is 6.30. The molecule has 0 fully saturated rings. The first-order valence-corrected chi connectivity index (χ1v) is 6.50. The van der Waals surface area contributed by atoms with Gasteiger partial charge in [-0.1, -0.05) is 29.8 Å². The standard InChI is InChI=1S/C16H15ClN2/c1-11-6-7-16(14(8-11)10-18)19-12(2)13-4-3-5-15(17)9-13/h3-9,12,19H,1-2H3. The molecule has 3 heteroatoms. The number of hydrogen-bond acceptors (Lipinski definition) is 2. The fraction of sp³-hybridized carbons (Fsp3) is 0.188. The van der Waals surface area contributed by atoms with Crippen molar-refractivity contribution in [1.29, 1.82) is 5.26 Å². The van der Waals surface area contributed by atoms with Crippen LogP contribution in [0.3, 0.4) is 0 Å². The van der Waals surface area contributed by atoms with Crippen LogP contribution in [0.5, 0.6) is 0 Å². The first kappa shape index (κ1) is 13.5. The molecule has 0 heterocycles. The lowest BCUT2D eigenvalue weighted by Gasteiger charge is -2.17. The van der Waals surface area contributed by atoms with Crippen LogP contribution in [0, 0.1) is 18.3 Å². The molecule has 0 saturated carbocycles. The second-order valence-corrected chi connectivity index (χ2v) is 5.02. The van der Waals surface area contributed by atoms with Crippen LogP contribution in [0.2, 0.25) is 5.02 Å². The van der Waals surface area contributed by atoms with E-state index in [1.54, 1.807) is 0 Å². The summed E-state index contributed by atoms with van der Waals surface area (Å²) in [5.74, 6) is 0. The molecule has 0 bridgehead atoms. The maximum atomic E-state index is 9.16. The molecule has 0 aromatic heterocycles. The van der Waals surface area contributed by atoms with Crippen molar-refractivity contribution in [3.63, 3.8) is 0 Å². The second kappa shape index (κ2) is 5.77. The maximum absolute atomic E-state index is 9.16. The molecule has 2 aromatic carbocycles. The van der Waals surface area contributed by atoms with E-state index in [4.69, 9.17) is 16.9 Å². The monoisotopic (exact) mass is 270 g/mol. The Balaban J connectivity index is 2.24. The molecule has 1 atom stereocenters. The average molecular weight is 271 g/mol. The Bertz CT molecular complexity index is 629. The fourth-order valence-electron chi connectivity index (χ4n) is 1.97. The molecule has 0 radical (unpaired) electrons. The molecule has 19 heavy (non-hydrogen) atoms. The third-order valence-corrected chi connectivity index (χ3v) is 3.25.